The minimum absolute atomic E-state index is 0.539. The molecule has 17 heavy (non-hydrogen) atoms. The summed E-state index contributed by atoms with van der Waals surface area (Å²) in [7, 11) is 0. The van der Waals surface area contributed by atoms with Gasteiger partial charge in [-0.2, -0.15) is 11.8 Å². The van der Waals surface area contributed by atoms with Crippen molar-refractivity contribution in [3.05, 3.63) is 17.1 Å². The number of thioether (sulfide) groups is 1. The van der Waals surface area contributed by atoms with E-state index in [-0.39, 0.29) is 0 Å². The third-order valence-electron chi connectivity index (χ3n) is 3.93. The molecule has 2 N–H and O–H groups in total. The van der Waals surface area contributed by atoms with Crippen molar-refractivity contribution in [2.24, 2.45) is 5.92 Å². The van der Waals surface area contributed by atoms with Gasteiger partial charge in [-0.05, 0) is 18.8 Å². The Balaban J connectivity index is 1.90. The zero-order valence-corrected chi connectivity index (χ0v) is 11.1. The van der Waals surface area contributed by atoms with Gasteiger partial charge in [0.2, 0.25) is 0 Å². The van der Waals surface area contributed by atoms with Gasteiger partial charge in [0.1, 0.15) is 11.6 Å². The number of hydrogen-bond donors (Lipinski definition) is 1. The highest BCUT2D eigenvalue weighted by molar-refractivity contribution is 7.98. The largest absolute Gasteiger partial charge is 0.383 e. The predicted molar refractivity (Wildman–Crippen MR) is 71.8 cm³/mol. The van der Waals surface area contributed by atoms with Crippen LogP contribution < -0.4 is 5.73 Å². The molecule has 0 saturated heterocycles. The summed E-state index contributed by atoms with van der Waals surface area (Å²) < 4.78 is 0. The average molecular weight is 249 g/mol. The molecule has 92 valence electrons. The van der Waals surface area contributed by atoms with E-state index in [1.807, 2.05) is 11.8 Å². The third-order valence-corrected chi connectivity index (χ3v) is 4.90. The molecule has 3 nitrogen and oxygen atoms in total. The number of nitrogens with two attached hydrogens (primary N) is 1. The predicted octanol–water partition coefficient (Wildman–Crippen LogP) is 3.10. The molecule has 2 unspecified atom stereocenters. The maximum Gasteiger partial charge on any atom is 0.134 e. The first-order valence-corrected chi connectivity index (χ1v) is 7.62. The van der Waals surface area contributed by atoms with Crippen molar-refractivity contribution in [1.82, 2.24) is 9.97 Å². The highest BCUT2D eigenvalue weighted by Gasteiger charge is 2.25. The van der Waals surface area contributed by atoms with E-state index in [4.69, 9.17) is 10.7 Å². The Kier molecular flexibility index (Phi) is 2.99. The molecule has 2 atom stereocenters. The van der Waals surface area contributed by atoms with Gasteiger partial charge in [0.05, 0.1) is 5.69 Å². The van der Waals surface area contributed by atoms with Crippen LogP contribution in [-0.4, -0.2) is 9.97 Å². The lowest BCUT2D eigenvalue weighted by Crippen LogP contribution is -2.16. The maximum atomic E-state index is 6.05. The number of nitrogen functional groups attached to an aromatic ring is 1. The van der Waals surface area contributed by atoms with Gasteiger partial charge in [-0.15, -0.1) is 0 Å². The van der Waals surface area contributed by atoms with E-state index in [2.05, 4.69) is 11.9 Å². The zero-order chi connectivity index (χ0) is 11.8. The molecule has 1 aromatic heterocycles. The Labute approximate surface area is 107 Å². The lowest BCUT2D eigenvalue weighted by Gasteiger charge is -2.26. The molecule has 1 aliphatic heterocycles. The summed E-state index contributed by atoms with van der Waals surface area (Å²) in [6, 6.07) is 0. The Morgan fingerprint density at radius 2 is 2.12 bits per heavy atom. The first-order chi connectivity index (χ1) is 8.24. The van der Waals surface area contributed by atoms with E-state index in [9.17, 15) is 0 Å². The van der Waals surface area contributed by atoms with Crippen molar-refractivity contribution in [1.29, 1.82) is 0 Å². The van der Waals surface area contributed by atoms with Crippen molar-refractivity contribution in [3.63, 3.8) is 0 Å². The van der Waals surface area contributed by atoms with Crippen LogP contribution in [0.25, 0.3) is 0 Å². The van der Waals surface area contributed by atoms with E-state index < -0.39 is 0 Å². The van der Waals surface area contributed by atoms with Crippen LogP contribution in [0.5, 0.6) is 0 Å². The Morgan fingerprint density at radius 1 is 1.24 bits per heavy atom. The molecule has 0 bridgehead atoms. The second kappa shape index (κ2) is 4.48. The second-order valence-electron chi connectivity index (χ2n) is 5.35. The number of rotatable bonds is 1. The lowest BCUT2D eigenvalue weighted by atomic mass is 9.82. The van der Waals surface area contributed by atoms with Gasteiger partial charge >= 0.3 is 0 Å². The van der Waals surface area contributed by atoms with Crippen LogP contribution in [0.4, 0.5) is 5.82 Å². The van der Waals surface area contributed by atoms with Crippen LogP contribution in [0.15, 0.2) is 0 Å². The van der Waals surface area contributed by atoms with Crippen LogP contribution in [-0.2, 0) is 11.5 Å². The third kappa shape index (κ3) is 2.15. The molecule has 4 heteroatoms. The summed E-state index contributed by atoms with van der Waals surface area (Å²) >= 11 is 1.89. The normalized spacial score (nSPS) is 28.1. The van der Waals surface area contributed by atoms with Gasteiger partial charge in [-0.25, -0.2) is 9.97 Å². The summed E-state index contributed by atoms with van der Waals surface area (Å²) in [5.41, 5.74) is 8.42. The summed E-state index contributed by atoms with van der Waals surface area (Å²) in [4.78, 5) is 9.32. The highest BCUT2D eigenvalue weighted by atomic mass is 32.2. The molecule has 1 aromatic rings. The minimum Gasteiger partial charge on any atom is -0.383 e. The SMILES string of the molecule is CC1CCCC(c2nc(N)c3c(n2)CSC3)C1. The maximum absolute atomic E-state index is 6.05. The molecule has 1 aliphatic carbocycles. The average Bonchev–Trinajstić information content (AvgIpc) is 2.77. The molecule has 0 spiro atoms. The lowest BCUT2D eigenvalue weighted by molar-refractivity contribution is 0.335. The monoisotopic (exact) mass is 249 g/mol. The fourth-order valence-electron chi connectivity index (χ4n) is 2.95. The molecule has 0 radical (unpaired) electrons. The van der Waals surface area contributed by atoms with E-state index in [0.29, 0.717) is 5.92 Å². The molecule has 1 fully saturated rings. The van der Waals surface area contributed by atoms with Gasteiger partial charge in [-0.3, -0.25) is 0 Å². The Bertz CT molecular complexity index is 433. The topological polar surface area (TPSA) is 51.8 Å². The number of anilines is 1. The van der Waals surface area contributed by atoms with E-state index >= 15 is 0 Å². The van der Waals surface area contributed by atoms with Crippen LogP contribution in [0, 0.1) is 5.92 Å². The van der Waals surface area contributed by atoms with Gasteiger partial charge in [0.25, 0.3) is 0 Å². The molecule has 3 rings (SSSR count). The number of nitrogens with zero attached hydrogens (tertiary/aromatic N) is 2. The van der Waals surface area contributed by atoms with Crippen molar-refractivity contribution >= 4 is 17.6 Å². The van der Waals surface area contributed by atoms with Crippen LogP contribution in [0.1, 0.15) is 55.6 Å². The molecule has 0 aromatic carbocycles. The molecule has 0 amide bonds. The van der Waals surface area contributed by atoms with Crippen LogP contribution in [0.2, 0.25) is 0 Å². The van der Waals surface area contributed by atoms with Crippen LogP contribution in [0.3, 0.4) is 0 Å². The number of aromatic nitrogens is 2. The van der Waals surface area contributed by atoms with Crippen molar-refractivity contribution < 1.29 is 0 Å². The van der Waals surface area contributed by atoms with Crippen molar-refractivity contribution in [2.45, 2.75) is 50.0 Å². The fourth-order valence-corrected chi connectivity index (χ4v) is 4.00. The van der Waals surface area contributed by atoms with Gasteiger partial charge in [0.15, 0.2) is 0 Å². The standard InChI is InChI=1S/C13H19N3S/c1-8-3-2-4-9(5-8)13-15-11-7-17-6-10(11)12(14)16-13/h8-9H,2-7H2,1H3,(H2,14,15,16). The first-order valence-electron chi connectivity index (χ1n) is 6.47. The van der Waals surface area contributed by atoms with E-state index in [1.54, 1.807) is 0 Å². The summed E-state index contributed by atoms with van der Waals surface area (Å²) in [6.07, 6.45) is 5.12. The molecular formula is C13H19N3S. The van der Waals surface area contributed by atoms with Crippen LogP contribution >= 0.6 is 11.8 Å². The summed E-state index contributed by atoms with van der Waals surface area (Å²) in [6.45, 7) is 2.33. The van der Waals surface area contributed by atoms with Gasteiger partial charge < -0.3 is 5.73 Å². The van der Waals surface area contributed by atoms with Gasteiger partial charge in [-0.1, -0.05) is 19.8 Å². The van der Waals surface area contributed by atoms with Gasteiger partial charge in [0, 0.05) is 23.0 Å². The molecule has 2 heterocycles. The van der Waals surface area contributed by atoms with E-state index in [0.717, 1.165) is 29.1 Å². The molecule has 1 saturated carbocycles. The summed E-state index contributed by atoms with van der Waals surface area (Å²) in [5, 5.41) is 0. The first kappa shape index (κ1) is 11.3. The van der Waals surface area contributed by atoms with Crippen molar-refractivity contribution in [3.8, 4) is 0 Å². The number of fused-ring (bicyclic) bond motifs is 1. The minimum atomic E-state index is 0.539. The number of hydrogen-bond acceptors (Lipinski definition) is 4. The smallest absolute Gasteiger partial charge is 0.134 e. The quantitative estimate of drug-likeness (QED) is 0.831. The fraction of sp³-hybridized carbons (Fsp3) is 0.692. The van der Waals surface area contributed by atoms with E-state index in [1.165, 1.54) is 36.9 Å². The molecule has 2 aliphatic rings. The molecular weight excluding hydrogens is 230 g/mol. The Hall–Kier alpha value is -0.770. The van der Waals surface area contributed by atoms with Crippen molar-refractivity contribution in [2.75, 3.05) is 5.73 Å². The second-order valence-corrected chi connectivity index (χ2v) is 6.34. The summed E-state index contributed by atoms with van der Waals surface area (Å²) in [5.74, 6) is 5.08. The Morgan fingerprint density at radius 3 is 2.94 bits per heavy atom. The highest BCUT2D eigenvalue weighted by Crippen LogP contribution is 2.37. The zero-order valence-electron chi connectivity index (χ0n) is 10.3.